The molecule has 1 amide bonds. The second-order valence-corrected chi connectivity index (χ2v) is 10.4. The molecule has 1 fully saturated rings. The summed E-state index contributed by atoms with van der Waals surface area (Å²) in [5.74, 6) is -1.65. The highest BCUT2D eigenvalue weighted by atomic mass is 35.5. The van der Waals surface area contributed by atoms with Crippen LogP contribution in [0.15, 0.2) is 53.4 Å². The lowest BCUT2D eigenvalue weighted by Gasteiger charge is -2.33. The molecule has 0 aliphatic carbocycles. The SMILES string of the molecule is O=C(OCC(=O)N1CCN(S(=O)(=O)c2ccccc2)CC1)c1sc2cc(F)ccc2c1Cl. The van der Waals surface area contributed by atoms with Crippen molar-refractivity contribution in [3.63, 3.8) is 0 Å². The first-order valence-corrected chi connectivity index (χ1v) is 12.3. The van der Waals surface area contributed by atoms with Crippen LogP contribution in [-0.4, -0.2) is 62.3 Å². The fourth-order valence-electron chi connectivity index (χ4n) is 3.37. The van der Waals surface area contributed by atoms with Crippen molar-refractivity contribution >= 4 is 54.9 Å². The van der Waals surface area contributed by atoms with Gasteiger partial charge in [-0.15, -0.1) is 11.3 Å². The number of piperazine rings is 1. The maximum Gasteiger partial charge on any atom is 0.350 e. The molecule has 11 heteroatoms. The van der Waals surface area contributed by atoms with Gasteiger partial charge in [-0.1, -0.05) is 29.8 Å². The molecule has 1 saturated heterocycles. The fraction of sp³-hybridized carbons (Fsp3) is 0.238. The fourth-order valence-corrected chi connectivity index (χ4v) is 6.24. The topological polar surface area (TPSA) is 84.0 Å². The van der Waals surface area contributed by atoms with Gasteiger partial charge < -0.3 is 9.64 Å². The molecule has 0 atom stereocenters. The van der Waals surface area contributed by atoms with Crippen molar-refractivity contribution in [2.75, 3.05) is 32.8 Å². The smallest absolute Gasteiger partial charge is 0.350 e. The van der Waals surface area contributed by atoms with Gasteiger partial charge in [0.25, 0.3) is 5.91 Å². The average Bonchev–Trinajstić information content (AvgIpc) is 3.13. The lowest BCUT2D eigenvalue weighted by atomic mass is 10.2. The number of carbonyl (C=O) groups excluding carboxylic acids is 2. The highest BCUT2D eigenvalue weighted by Gasteiger charge is 2.30. The molecule has 168 valence electrons. The van der Waals surface area contributed by atoms with Crippen LogP contribution in [-0.2, 0) is 19.6 Å². The number of carbonyl (C=O) groups is 2. The largest absolute Gasteiger partial charge is 0.451 e. The first-order valence-electron chi connectivity index (χ1n) is 9.65. The van der Waals surface area contributed by atoms with Crippen molar-refractivity contribution in [3.05, 3.63) is 64.2 Å². The van der Waals surface area contributed by atoms with E-state index in [1.807, 2.05) is 0 Å². The maximum absolute atomic E-state index is 13.4. The summed E-state index contributed by atoms with van der Waals surface area (Å²) in [4.78, 5) is 26.6. The zero-order valence-corrected chi connectivity index (χ0v) is 19.1. The van der Waals surface area contributed by atoms with Crippen molar-refractivity contribution in [1.82, 2.24) is 9.21 Å². The Kier molecular flexibility index (Phi) is 6.47. The molecule has 0 spiro atoms. The number of halogens is 2. The van der Waals surface area contributed by atoms with Gasteiger partial charge in [-0.2, -0.15) is 4.31 Å². The summed E-state index contributed by atoms with van der Waals surface area (Å²) in [5, 5.41) is 0.689. The number of rotatable bonds is 5. The monoisotopic (exact) mass is 496 g/mol. The van der Waals surface area contributed by atoms with E-state index in [4.69, 9.17) is 16.3 Å². The number of hydrogen-bond donors (Lipinski definition) is 0. The second kappa shape index (κ2) is 9.14. The Morgan fingerprint density at radius 3 is 2.44 bits per heavy atom. The molecule has 2 aromatic carbocycles. The third kappa shape index (κ3) is 4.49. The van der Waals surface area contributed by atoms with E-state index >= 15 is 0 Å². The molecule has 0 N–H and O–H groups in total. The predicted molar refractivity (Wildman–Crippen MR) is 119 cm³/mol. The number of thiophene rings is 1. The number of hydrogen-bond acceptors (Lipinski definition) is 6. The van der Waals surface area contributed by atoms with Crippen LogP contribution in [0.5, 0.6) is 0 Å². The minimum Gasteiger partial charge on any atom is -0.451 e. The third-order valence-electron chi connectivity index (χ3n) is 5.08. The lowest BCUT2D eigenvalue weighted by Crippen LogP contribution is -2.51. The predicted octanol–water partition coefficient (Wildman–Crippen LogP) is 3.38. The second-order valence-electron chi connectivity index (χ2n) is 7.06. The molecule has 2 heterocycles. The standard InChI is InChI=1S/C21H18ClFN2O5S2/c22-19-16-7-6-14(23)12-17(16)31-20(19)21(27)30-13-18(26)24-8-10-25(11-9-24)32(28,29)15-4-2-1-3-5-15/h1-7,12H,8-11,13H2. The molecule has 32 heavy (non-hydrogen) atoms. The molecule has 1 aliphatic heterocycles. The summed E-state index contributed by atoms with van der Waals surface area (Å²) in [5.41, 5.74) is 0. The highest BCUT2D eigenvalue weighted by Crippen LogP contribution is 2.36. The Labute approximate surface area is 193 Å². The molecule has 4 rings (SSSR count). The Balaban J connectivity index is 1.34. The van der Waals surface area contributed by atoms with Crippen LogP contribution in [0.4, 0.5) is 4.39 Å². The van der Waals surface area contributed by atoms with Gasteiger partial charge in [0, 0.05) is 36.3 Å². The van der Waals surface area contributed by atoms with Crippen molar-refractivity contribution in [2.45, 2.75) is 4.90 Å². The number of esters is 1. The summed E-state index contributed by atoms with van der Waals surface area (Å²) >= 11 is 7.20. The lowest BCUT2D eigenvalue weighted by molar-refractivity contribution is -0.135. The first kappa shape index (κ1) is 22.7. The van der Waals surface area contributed by atoms with E-state index in [1.54, 1.807) is 18.2 Å². The van der Waals surface area contributed by atoms with Crippen molar-refractivity contribution in [3.8, 4) is 0 Å². The van der Waals surface area contributed by atoms with E-state index < -0.39 is 34.3 Å². The number of sulfonamides is 1. The van der Waals surface area contributed by atoms with Gasteiger partial charge in [-0.25, -0.2) is 17.6 Å². The maximum atomic E-state index is 13.4. The molecular weight excluding hydrogens is 479 g/mol. The Morgan fingerprint density at radius 2 is 1.75 bits per heavy atom. The summed E-state index contributed by atoms with van der Waals surface area (Å²) < 4.78 is 45.7. The minimum absolute atomic E-state index is 0.0961. The van der Waals surface area contributed by atoms with E-state index in [0.29, 0.717) is 10.1 Å². The molecule has 1 aliphatic rings. The summed E-state index contributed by atoms with van der Waals surface area (Å²) in [6.07, 6.45) is 0. The van der Waals surface area contributed by atoms with Crippen LogP contribution < -0.4 is 0 Å². The van der Waals surface area contributed by atoms with Crippen LogP contribution in [0.3, 0.4) is 0 Å². The number of nitrogens with zero attached hydrogens (tertiary/aromatic N) is 2. The van der Waals surface area contributed by atoms with Crippen molar-refractivity contribution < 1.29 is 27.1 Å². The summed E-state index contributed by atoms with van der Waals surface area (Å²) in [7, 11) is -3.62. The van der Waals surface area contributed by atoms with Gasteiger partial charge in [0.05, 0.1) is 9.92 Å². The Bertz CT molecular complexity index is 1270. The van der Waals surface area contributed by atoms with E-state index in [0.717, 1.165) is 11.3 Å². The molecule has 0 radical (unpaired) electrons. The van der Waals surface area contributed by atoms with Crippen molar-refractivity contribution in [1.29, 1.82) is 0 Å². The molecule has 0 bridgehead atoms. The summed E-state index contributed by atoms with van der Waals surface area (Å²) in [6.45, 7) is 0.162. The van der Waals surface area contributed by atoms with E-state index in [-0.39, 0.29) is 41.0 Å². The Morgan fingerprint density at radius 1 is 1.06 bits per heavy atom. The molecule has 7 nitrogen and oxygen atoms in total. The van der Waals surface area contributed by atoms with Gasteiger partial charge in [0.2, 0.25) is 10.0 Å². The van der Waals surface area contributed by atoms with Crippen LogP contribution in [0.25, 0.3) is 10.1 Å². The quantitative estimate of drug-likeness (QED) is 0.506. The van der Waals surface area contributed by atoms with Crippen LogP contribution >= 0.6 is 22.9 Å². The van der Waals surface area contributed by atoms with Crippen LogP contribution in [0.1, 0.15) is 9.67 Å². The van der Waals surface area contributed by atoms with Gasteiger partial charge >= 0.3 is 5.97 Å². The number of fused-ring (bicyclic) bond motifs is 1. The number of ether oxygens (including phenoxy) is 1. The Hall–Kier alpha value is -2.53. The van der Waals surface area contributed by atoms with E-state index in [1.165, 1.54) is 39.5 Å². The third-order valence-corrected chi connectivity index (χ3v) is 8.63. The minimum atomic E-state index is -3.62. The van der Waals surface area contributed by atoms with Crippen LogP contribution in [0, 0.1) is 5.82 Å². The van der Waals surface area contributed by atoms with Crippen LogP contribution in [0.2, 0.25) is 5.02 Å². The van der Waals surface area contributed by atoms with Gasteiger partial charge in [0.15, 0.2) is 6.61 Å². The molecule has 0 unspecified atom stereocenters. The molecule has 0 saturated carbocycles. The summed E-state index contributed by atoms with van der Waals surface area (Å²) in [6, 6.07) is 12.1. The van der Waals surface area contributed by atoms with Gasteiger partial charge in [0.1, 0.15) is 10.7 Å². The zero-order chi connectivity index (χ0) is 22.9. The van der Waals surface area contributed by atoms with Gasteiger partial charge in [-0.05, 0) is 30.3 Å². The zero-order valence-electron chi connectivity index (χ0n) is 16.7. The highest BCUT2D eigenvalue weighted by molar-refractivity contribution is 7.89. The first-order chi connectivity index (χ1) is 15.3. The number of amides is 1. The molecule has 1 aromatic heterocycles. The van der Waals surface area contributed by atoms with E-state index in [9.17, 15) is 22.4 Å². The molecular formula is C21H18ClFN2O5S2. The average molecular weight is 497 g/mol. The number of benzene rings is 2. The van der Waals surface area contributed by atoms with Crippen molar-refractivity contribution in [2.24, 2.45) is 0 Å². The van der Waals surface area contributed by atoms with E-state index in [2.05, 4.69) is 0 Å². The van der Waals surface area contributed by atoms with Gasteiger partial charge in [-0.3, -0.25) is 4.79 Å². The molecule has 3 aromatic rings. The normalized spacial score (nSPS) is 15.1.